The number of hydrogen-bond acceptors (Lipinski definition) is 7. The van der Waals surface area contributed by atoms with E-state index in [9.17, 15) is 0 Å². The van der Waals surface area contributed by atoms with Crippen LogP contribution in [-0.2, 0) is 0 Å². The van der Waals surface area contributed by atoms with Gasteiger partial charge >= 0.3 is 0 Å². The molecule has 0 aliphatic rings. The average Bonchev–Trinajstić information content (AvgIpc) is 3.11. The summed E-state index contributed by atoms with van der Waals surface area (Å²) in [7, 11) is 0. The minimum Gasteiger partial charge on any atom is -0.236 e. The average molecular weight is 566 g/mol. The molecule has 8 aromatic rings. The molecule has 0 fully saturated rings. The second kappa shape index (κ2) is 10.9. The molecule has 0 bridgehead atoms. The van der Waals surface area contributed by atoms with E-state index in [2.05, 4.69) is 32.1 Å². The second-order valence-electron chi connectivity index (χ2n) is 10.3. The van der Waals surface area contributed by atoms with E-state index in [1.165, 1.54) is 0 Å². The van der Waals surface area contributed by atoms with Crippen molar-refractivity contribution < 1.29 is 0 Å². The van der Waals surface area contributed by atoms with E-state index in [1.54, 1.807) is 12.7 Å². The lowest BCUT2D eigenvalue weighted by atomic mass is 10.0. The number of fused-ring (bicyclic) bond motifs is 2. The van der Waals surface area contributed by atoms with E-state index < -0.39 is 0 Å². The zero-order chi connectivity index (χ0) is 29.3. The lowest BCUT2D eigenvalue weighted by Gasteiger charge is -2.11. The van der Waals surface area contributed by atoms with Gasteiger partial charge in [-0.25, -0.2) is 34.9 Å². The molecule has 8 rings (SSSR count). The molecule has 0 aliphatic carbocycles. The molecule has 0 atom stereocenters. The van der Waals surface area contributed by atoms with Gasteiger partial charge < -0.3 is 0 Å². The highest BCUT2D eigenvalue weighted by Crippen LogP contribution is 2.32. The topological polar surface area (TPSA) is 90.2 Å². The van der Waals surface area contributed by atoms with Crippen LogP contribution in [-0.4, -0.2) is 34.9 Å². The molecule has 0 unspecified atom stereocenters. The summed E-state index contributed by atoms with van der Waals surface area (Å²) in [5.74, 6) is 1.75. The molecule has 206 valence electrons. The third-order valence-electron chi connectivity index (χ3n) is 7.54. The van der Waals surface area contributed by atoms with Gasteiger partial charge in [-0.3, -0.25) is 0 Å². The SMILES string of the molecule is c1ccc(-c2nc(-c3cccc(-c4ncnc5ccccc45)c3)nc(-c3cccc(-c4ncnc5ccccc45)c3)n2)cc1. The molecular formula is C37H23N7. The van der Waals surface area contributed by atoms with Gasteiger partial charge in [-0.05, 0) is 24.3 Å². The fourth-order valence-corrected chi connectivity index (χ4v) is 5.43. The summed E-state index contributed by atoms with van der Waals surface area (Å²) in [6.07, 6.45) is 3.21. The van der Waals surface area contributed by atoms with Gasteiger partial charge in [-0.15, -0.1) is 0 Å². The smallest absolute Gasteiger partial charge is 0.164 e. The molecule has 0 saturated carbocycles. The van der Waals surface area contributed by atoms with Crippen LogP contribution < -0.4 is 0 Å². The molecule has 7 nitrogen and oxygen atoms in total. The van der Waals surface area contributed by atoms with E-state index in [4.69, 9.17) is 15.0 Å². The summed E-state index contributed by atoms with van der Waals surface area (Å²) in [4.78, 5) is 33.0. The van der Waals surface area contributed by atoms with Gasteiger partial charge in [0.2, 0.25) is 0 Å². The maximum Gasteiger partial charge on any atom is 0.164 e. The molecule has 3 heterocycles. The number of para-hydroxylation sites is 2. The molecule has 0 radical (unpaired) electrons. The monoisotopic (exact) mass is 565 g/mol. The lowest BCUT2D eigenvalue weighted by molar-refractivity contribution is 1.07. The van der Waals surface area contributed by atoms with E-state index in [-0.39, 0.29) is 0 Å². The van der Waals surface area contributed by atoms with Crippen molar-refractivity contribution in [1.29, 1.82) is 0 Å². The van der Waals surface area contributed by atoms with E-state index >= 15 is 0 Å². The standard InChI is InChI=1S/C37H23N7/c1-2-10-24(11-3-1)35-42-36(27-14-8-12-25(20-27)33-29-16-4-6-18-31(29)38-22-40-33)44-37(43-35)28-15-9-13-26(21-28)34-30-17-5-7-19-32(30)39-23-41-34/h1-23H. The summed E-state index contributed by atoms with van der Waals surface area (Å²) in [5.41, 5.74) is 8.07. The van der Waals surface area contributed by atoms with Crippen molar-refractivity contribution in [3.63, 3.8) is 0 Å². The molecule has 0 amide bonds. The Hall–Kier alpha value is -6.21. The fourth-order valence-electron chi connectivity index (χ4n) is 5.43. The van der Waals surface area contributed by atoms with E-state index in [0.29, 0.717) is 17.5 Å². The van der Waals surface area contributed by atoms with Crippen molar-refractivity contribution in [1.82, 2.24) is 34.9 Å². The summed E-state index contributed by atoms with van der Waals surface area (Å²) >= 11 is 0. The number of nitrogens with zero attached hydrogens (tertiary/aromatic N) is 7. The van der Waals surface area contributed by atoms with Crippen LogP contribution in [0.25, 0.3) is 78.5 Å². The largest absolute Gasteiger partial charge is 0.236 e. The van der Waals surface area contributed by atoms with Crippen LogP contribution in [0.4, 0.5) is 0 Å². The number of rotatable bonds is 5. The van der Waals surface area contributed by atoms with Crippen LogP contribution in [0.2, 0.25) is 0 Å². The Labute approximate surface area is 253 Å². The second-order valence-corrected chi connectivity index (χ2v) is 10.3. The first-order valence-electron chi connectivity index (χ1n) is 14.2. The Morgan fingerprint density at radius 3 is 1.25 bits per heavy atom. The number of hydrogen-bond donors (Lipinski definition) is 0. The highest BCUT2D eigenvalue weighted by molar-refractivity contribution is 5.93. The minimum atomic E-state index is 0.576. The van der Waals surface area contributed by atoms with Crippen LogP contribution in [0.3, 0.4) is 0 Å². The van der Waals surface area contributed by atoms with Crippen LogP contribution in [0.1, 0.15) is 0 Å². The van der Waals surface area contributed by atoms with Crippen LogP contribution >= 0.6 is 0 Å². The van der Waals surface area contributed by atoms with Crippen LogP contribution in [0.15, 0.2) is 140 Å². The quantitative estimate of drug-likeness (QED) is 0.208. The van der Waals surface area contributed by atoms with E-state index in [1.807, 2.05) is 115 Å². The number of aromatic nitrogens is 7. The molecular weight excluding hydrogens is 542 g/mol. The molecule has 0 spiro atoms. The van der Waals surface area contributed by atoms with Gasteiger partial charge in [-0.1, -0.05) is 103 Å². The fraction of sp³-hybridized carbons (Fsp3) is 0. The van der Waals surface area contributed by atoms with Gasteiger partial charge in [0.05, 0.1) is 22.4 Å². The van der Waals surface area contributed by atoms with Crippen molar-refractivity contribution in [2.75, 3.05) is 0 Å². The summed E-state index contributed by atoms with van der Waals surface area (Å²) < 4.78 is 0. The molecule has 3 aromatic heterocycles. The van der Waals surface area contributed by atoms with Gasteiger partial charge in [0.25, 0.3) is 0 Å². The summed E-state index contributed by atoms with van der Waals surface area (Å²) in [5, 5.41) is 1.98. The summed E-state index contributed by atoms with van der Waals surface area (Å²) in [6.45, 7) is 0. The first kappa shape index (κ1) is 25.5. The van der Waals surface area contributed by atoms with Crippen molar-refractivity contribution >= 4 is 21.8 Å². The predicted molar refractivity (Wildman–Crippen MR) is 173 cm³/mol. The van der Waals surface area contributed by atoms with E-state index in [0.717, 1.165) is 61.0 Å². The maximum atomic E-state index is 5.01. The summed E-state index contributed by atoms with van der Waals surface area (Å²) in [6, 6.07) is 42.3. The Morgan fingerprint density at radius 2 is 0.727 bits per heavy atom. The minimum absolute atomic E-state index is 0.576. The Balaban J connectivity index is 1.28. The Bertz CT molecular complexity index is 2150. The van der Waals surface area contributed by atoms with Gasteiger partial charge in [0, 0.05) is 38.6 Å². The zero-order valence-corrected chi connectivity index (χ0v) is 23.4. The van der Waals surface area contributed by atoms with Gasteiger partial charge in [0.1, 0.15) is 12.7 Å². The third kappa shape index (κ3) is 4.72. The Morgan fingerprint density at radius 1 is 0.318 bits per heavy atom. The molecule has 7 heteroatoms. The third-order valence-corrected chi connectivity index (χ3v) is 7.54. The molecule has 0 aliphatic heterocycles. The van der Waals surface area contributed by atoms with Crippen molar-refractivity contribution in [2.24, 2.45) is 0 Å². The first-order chi connectivity index (χ1) is 21.8. The highest BCUT2D eigenvalue weighted by Gasteiger charge is 2.15. The Kier molecular flexibility index (Phi) is 6.31. The normalized spacial score (nSPS) is 11.2. The van der Waals surface area contributed by atoms with Gasteiger partial charge in [0.15, 0.2) is 17.5 Å². The molecule has 5 aromatic carbocycles. The van der Waals surface area contributed by atoms with Crippen molar-refractivity contribution in [3.05, 3.63) is 140 Å². The van der Waals surface area contributed by atoms with Crippen LogP contribution in [0.5, 0.6) is 0 Å². The predicted octanol–water partition coefficient (Wildman–Crippen LogP) is 8.09. The molecule has 0 saturated heterocycles. The molecule has 44 heavy (non-hydrogen) atoms. The van der Waals surface area contributed by atoms with Crippen molar-refractivity contribution in [3.8, 4) is 56.7 Å². The highest BCUT2D eigenvalue weighted by atomic mass is 15.0. The molecule has 0 N–H and O–H groups in total. The maximum absolute atomic E-state index is 5.01. The van der Waals surface area contributed by atoms with Crippen molar-refractivity contribution in [2.45, 2.75) is 0 Å². The lowest BCUT2D eigenvalue weighted by Crippen LogP contribution is -2.00. The van der Waals surface area contributed by atoms with Crippen LogP contribution in [0, 0.1) is 0 Å². The van der Waals surface area contributed by atoms with Gasteiger partial charge in [-0.2, -0.15) is 0 Å². The zero-order valence-electron chi connectivity index (χ0n) is 23.4. The number of benzene rings is 5. The first-order valence-corrected chi connectivity index (χ1v) is 14.2.